The molecule has 0 saturated carbocycles. The summed E-state index contributed by atoms with van der Waals surface area (Å²) in [5.41, 5.74) is 0. The number of nitrogens with zero attached hydrogens (tertiary/aromatic N) is 1. The van der Waals surface area contributed by atoms with Crippen molar-refractivity contribution in [1.82, 2.24) is 10.2 Å². The highest BCUT2D eigenvalue weighted by atomic mass is 16.2. The third kappa shape index (κ3) is 2.46. The molecular weight excluding hydrogens is 200 g/mol. The molecule has 16 heavy (non-hydrogen) atoms. The Balaban J connectivity index is 1.96. The van der Waals surface area contributed by atoms with Crippen molar-refractivity contribution in [1.29, 1.82) is 0 Å². The molecule has 1 unspecified atom stereocenters. The van der Waals surface area contributed by atoms with E-state index in [2.05, 4.69) is 29.3 Å². The van der Waals surface area contributed by atoms with Crippen molar-refractivity contribution >= 4 is 5.91 Å². The predicted octanol–water partition coefficient (Wildman–Crippen LogP) is 1.55. The van der Waals surface area contributed by atoms with E-state index in [4.69, 9.17) is 0 Å². The molecule has 1 N–H and O–H groups in total. The molecule has 1 aliphatic carbocycles. The molecule has 0 aromatic rings. The maximum Gasteiger partial charge on any atom is 0.226 e. The molecule has 1 heterocycles. The van der Waals surface area contributed by atoms with Crippen LogP contribution in [-0.4, -0.2) is 36.5 Å². The van der Waals surface area contributed by atoms with Gasteiger partial charge in [-0.15, -0.1) is 0 Å². The minimum Gasteiger partial charge on any atom is -0.338 e. The lowest BCUT2D eigenvalue weighted by Crippen LogP contribution is -2.44. The summed E-state index contributed by atoms with van der Waals surface area (Å²) in [5.74, 6) is 0.604. The maximum atomic E-state index is 12.4. The predicted molar refractivity (Wildman–Crippen MR) is 65.1 cm³/mol. The lowest BCUT2D eigenvalue weighted by molar-refractivity contribution is -0.137. The van der Waals surface area contributed by atoms with E-state index < -0.39 is 0 Å². The van der Waals surface area contributed by atoms with E-state index in [-0.39, 0.29) is 5.92 Å². The van der Waals surface area contributed by atoms with Gasteiger partial charge in [-0.1, -0.05) is 19.1 Å². The summed E-state index contributed by atoms with van der Waals surface area (Å²) in [6.45, 7) is 5.10. The van der Waals surface area contributed by atoms with Gasteiger partial charge in [-0.25, -0.2) is 0 Å². The number of hydrogen-bond acceptors (Lipinski definition) is 2. The summed E-state index contributed by atoms with van der Waals surface area (Å²) < 4.78 is 0. The molecule has 1 atom stereocenters. The van der Waals surface area contributed by atoms with E-state index >= 15 is 0 Å². The van der Waals surface area contributed by atoms with Crippen LogP contribution >= 0.6 is 0 Å². The molecule has 0 aromatic carbocycles. The second-order valence-electron chi connectivity index (χ2n) is 4.82. The van der Waals surface area contributed by atoms with Crippen LogP contribution in [0, 0.1) is 5.92 Å². The Morgan fingerprint density at radius 3 is 2.75 bits per heavy atom. The first-order valence-electron chi connectivity index (χ1n) is 6.49. The van der Waals surface area contributed by atoms with E-state index in [0.29, 0.717) is 11.9 Å². The van der Waals surface area contributed by atoms with Crippen LogP contribution in [0.3, 0.4) is 0 Å². The SMILES string of the molecule is CCCN(C(=O)C1CC=CC1)C1CCNC1. The fourth-order valence-electron chi connectivity index (χ4n) is 2.67. The van der Waals surface area contributed by atoms with Gasteiger partial charge in [-0.2, -0.15) is 0 Å². The van der Waals surface area contributed by atoms with Gasteiger partial charge < -0.3 is 10.2 Å². The zero-order valence-electron chi connectivity index (χ0n) is 10.1. The molecule has 1 amide bonds. The molecule has 2 aliphatic rings. The summed E-state index contributed by atoms with van der Waals surface area (Å²) in [4.78, 5) is 14.5. The minimum absolute atomic E-state index is 0.229. The van der Waals surface area contributed by atoms with Crippen LogP contribution in [0.25, 0.3) is 0 Å². The van der Waals surface area contributed by atoms with Gasteiger partial charge in [0.15, 0.2) is 0 Å². The first-order chi connectivity index (χ1) is 7.83. The van der Waals surface area contributed by atoms with E-state index in [1.54, 1.807) is 0 Å². The van der Waals surface area contributed by atoms with Crippen molar-refractivity contribution in [2.75, 3.05) is 19.6 Å². The number of carbonyl (C=O) groups excluding carboxylic acids is 1. The van der Waals surface area contributed by atoms with Crippen molar-refractivity contribution in [2.45, 2.75) is 38.6 Å². The van der Waals surface area contributed by atoms with E-state index in [1.165, 1.54) is 0 Å². The fraction of sp³-hybridized carbons (Fsp3) is 0.769. The molecule has 0 radical (unpaired) electrons. The Morgan fingerprint density at radius 2 is 2.19 bits per heavy atom. The normalized spacial score (nSPS) is 25.2. The van der Waals surface area contributed by atoms with Crippen molar-refractivity contribution in [3.63, 3.8) is 0 Å². The number of rotatable bonds is 4. The highest BCUT2D eigenvalue weighted by Crippen LogP contribution is 2.22. The van der Waals surface area contributed by atoms with Crippen LogP contribution in [0.2, 0.25) is 0 Å². The number of allylic oxidation sites excluding steroid dienone is 2. The Labute approximate surface area is 97.9 Å². The lowest BCUT2D eigenvalue weighted by atomic mass is 10.0. The molecule has 1 fully saturated rings. The number of amides is 1. The van der Waals surface area contributed by atoms with Crippen molar-refractivity contribution in [3.05, 3.63) is 12.2 Å². The average Bonchev–Trinajstić information content (AvgIpc) is 2.96. The highest BCUT2D eigenvalue weighted by molar-refractivity contribution is 5.80. The molecule has 0 spiro atoms. The van der Waals surface area contributed by atoms with Crippen LogP contribution < -0.4 is 5.32 Å². The lowest BCUT2D eigenvalue weighted by Gasteiger charge is -2.30. The van der Waals surface area contributed by atoms with Gasteiger partial charge >= 0.3 is 0 Å². The van der Waals surface area contributed by atoms with Gasteiger partial charge in [-0.3, -0.25) is 4.79 Å². The maximum absolute atomic E-state index is 12.4. The Hall–Kier alpha value is -0.830. The Kier molecular flexibility index (Phi) is 3.99. The molecule has 0 aromatic heterocycles. The van der Waals surface area contributed by atoms with E-state index in [9.17, 15) is 4.79 Å². The summed E-state index contributed by atoms with van der Waals surface area (Å²) in [7, 11) is 0. The monoisotopic (exact) mass is 222 g/mol. The third-order valence-corrected chi connectivity index (χ3v) is 3.58. The van der Waals surface area contributed by atoms with Crippen LogP contribution in [-0.2, 0) is 4.79 Å². The average molecular weight is 222 g/mol. The Morgan fingerprint density at radius 1 is 1.44 bits per heavy atom. The van der Waals surface area contributed by atoms with Crippen LogP contribution in [0.4, 0.5) is 0 Å². The van der Waals surface area contributed by atoms with Gasteiger partial charge in [0.2, 0.25) is 5.91 Å². The van der Waals surface area contributed by atoms with Gasteiger partial charge in [0.1, 0.15) is 0 Å². The molecule has 3 heteroatoms. The number of carbonyl (C=O) groups is 1. The summed E-state index contributed by atoms with van der Waals surface area (Å²) in [6, 6.07) is 0.438. The second kappa shape index (κ2) is 5.48. The summed E-state index contributed by atoms with van der Waals surface area (Å²) >= 11 is 0. The Bertz CT molecular complexity index is 261. The molecular formula is C13H22N2O. The van der Waals surface area contributed by atoms with Gasteiger partial charge in [0, 0.05) is 25.0 Å². The number of hydrogen-bond donors (Lipinski definition) is 1. The van der Waals surface area contributed by atoms with Gasteiger partial charge in [0.25, 0.3) is 0 Å². The van der Waals surface area contributed by atoms with Crippen LogP contribution in [0.5, 0.6) is 0 Å². The van der Waals surface area contributed by atoms with Crippen LogP contribution in [0.15, 0.2) is 12.2 Å². The topological polar surface area (TPSA) is 32.3 Å². The molecule has 1 aliphatic heterocycles. The molecule has 2 rings (SSSR count). The standard InChI is InChI=1S/C13H22N2O/c1-2-9-15(12-7-8-14-10-12)13(16)11-5-3-4-6-11/h3-4,11-12,14H,2,5-10H2,1H3. The number of nitrogens with one attached hydrogen (secondary N) is 1. The largest absolute Gasteiger partial charge is 0.338 e. The molecule has 0 bridgehead atoms. The smallest absolute Gasteiger partial charge is 0.226 e. The van der Waals surface area contributed by atoms with E-state index in [1.807, 2.05) is 0 Å². The fourth-order valence-corrected chi connectivity index (χ4v) is 2.67. The first kappa shape index (κ1) is 11.6. The minimum atomic E-state index is 0.229. The summed E-state index contributed by atoms with van der Waals surface area (Å²) in [5, 5.41) is 3.35. The highest BCUT2D eigenvalue weighted by Gasteiger charge is 2.30. The molecule has 1 saturated heterocycles. The zero-order valence-corrected chi connectivity index (χ0v) is 10.1. The third-order valence-electron chi connectivity index (χ3n) is 3.58. The molecule has 3 nitrogen and oxygen atoms in total. The van der Waals surface area contributed by atoms with Crippen molar-refractivity contribution in [2.24, 2.45) is 5.92 Å². The van der Waals surface area contributed by atoms with E-state index in [0.717, 1.165) is 45.3 Å². The van der Waals surface area contributed by atoms with Gasteiger partial charge in [0.05, 0.1) is 0 Å². The quantitative estimate of drug-likeness (QED) is 0.732. The first-order valence-corrected chi connectivity index (χ1v) is 6.49. The second-order valence-corrected chi connectivity index (χ2v) is 4.82. The van der Waals surface area contributed by atoms with Crippen molar-refractivity contribution < 1.29 is 4.79 Å². The zero-order chi connectivity index (χ0) is 11.4. The van der Waals surface area contributed by atoms with Gasteiger partial charge in [-0.05, 0) is 32.2 Å². The van der Waals surface area contributed by atoms with Crippen LogP contribution in [0.1, 0.15) is 32.6 Å². The summed E-state index contributed by atoms with van der Waals surface area (Å²) in [6.07, 6.45) is 8.34. The molecule has 90 valence electrons. The van der Waals surface area contributed by atoms with Crippen molar-refractivity contribution in [3.8, 4) is 0 Å².